The van der Waals surface area contributed by atoms with Crippen molar-refractivity contribution >= 4 is 0 Å². The van der Waals surface area contributed by atoms with Crippen LogP contribution in [0.25, 0.3) is 0 Å². The zero-order chi connectivity index (χ0) is 13.5. The standard InChI is InChI=1S/C15H21NO3/c1-16-12-7-15(17,8-13(16)10-19-9-12)11-4-3-5-14(6-11)18-2/h3-6,12-13,17H,7-10H2,1-2H3. The van der Waals surface area contributed by atoms with Crippen LogP contribution < -0.4 is 4.74 Å². The molecule has 1 aromatic carbocycles. The highest BCUT2D eigenvalue weighted by Gasteiger charge is 2.45. The molecule has 19 heavy (non-hydrogen) atoms. The second-order valence-corrected chi connectivity index (χ2v) is 5.68. The van der Waals surface area contributed by atoms with Gasteiger partial charge in [0.05, 0.1) is 25.9 Å². The van der Waals surface area contributed by atoms with Crippen LogP contribution in [0.5, 0.6) is 5.75 Å². The lowest BCUT2D eigenvalue weighted by Crippen LogP contribution is -2.59. The van der Waals surface area contributed by atoms with Gasteiger partial charge >= 0.3 is 0 Å². The Kier molecular flexibility index (Phi) is 3.25. The topological polar surface area (TPSA) is 41.9 Å². The molecule has 2 heterocycles. The number of hydrogen-bond donors (Lipinski definition) is 1. The predicted octanol–water partition coefficient (Wildman–Crippen LogP) is 1.38. The maximum absolute atomic E-state index is 11.0. The van der Waals surface area contributed by atoms with E-state index >= 15 is 0 Å². The Balaban J connectivity index is 1.90. The van der Waals surface area contributed by atoms with Gasteiger partial charge in [0.1, 0.15) is 5.75 Å². The zero-order valence-electron chi connectivity index (χ0n) is 11.5. The summed E-state index contributed by atoms with van der Waals surface area (Å²) in [6, 6.07) is 8.38. The van der Waals surface area contributed by atoms with Crippen molar-refractivity contribution in [2.45, 2.75) is 30.5 Å². The van der Waals surface area contributed by atoms with Crippen molar-refractivity contribution in [1.82, 2.24) is 4.90 Å². The fourth-order valence-corrected chi connectivity index (χ4v) is 3.29. The maximum Gasteiger partial charge on any atom is 0.119 e. The molecule has 2 atom stereocenters. The minimum absolute atomic E-state index is 0.295. The molecule has 2 saturated heterocycles. The van der Waals surface area contributed by atoms with Crippen LogP contribution in [0.3, 0.4) is 0 Å². The second kappa shape index (κ2) is 4.78. The van der Waals surface area contributed by atoms with Gasteiger partial charge < -0.3 is 14.6 Å². The highest BCUT2D eigenvalue weighted by atomic mass is 16.5. The van der Waals surface area contributed by atoms with E-state index in [9.17, 15) is 5.11 Å². The normalized spacial score (nSPS) is 35.1. The molecule has 2 bridgehead atoms. The van der Waals surface area contributed by atoms with E-state index in [1.165, 1.54) is 0 Å². The molecule has 0 saturated carbocycles. The van der Waals surface area contributed by atoms with Crippen molar-refractivity contribution in [1.29, 1.82) is 0 Å². The van der Waals surface area contributed by atoms with Crippen LogP contribution in [0.4, 0.5) is 0 Å². The quantitative estimate of drug-likeness (QED) is 0.875. The molecular weight excluding hydrogens is 242 g/mol. The van der Waals surface area contributed by atoms with Crippen molar-refractivity contribution in [3.8, 4) is 5.75 Å². The van der Waals surface area contributed by atoms with E-state index < -0.39 is 5.60 Å². The fourth-order valence-electron chi connectivity index (χ4n) is 3.29. The summed E-state index contributed by atoms with van der Waals surface area (Å²) < 4.78 is 10.9. The molecule has 0 aliphatic carbocycles. The van der Waals surface area contributed by atoms with Crippen molar-refractivity contribution in [3.63, 3.8) is 0 Å². The van der Waals surface area contributed by atoms with Crippen LogP contribution in [0.15, 0.2) is 24.3 Å². The summed E-state index contributed by atoms with van der Waals surface area (Å²) in [6.07, 6.45) is 1.43. The average molecular weight is 263 g/mol. The van der Waals surface area contributed by atoms with Gasteiger partial charge in [-0.15, -0.1) is 0 Å². The van der Waals surface area contributed by atoms with E-state index in [4.69, 9.17) is 9.47 Å². The number of morpholine rings is 1. The van der Waals surface area contributed by atoms with Gasteiger partial charge in [-0.25, -0.2) is 0 Å². The van der Waals surface area contributed by atoms with E-state index in [0.717, 1.165) is 11.3 Å². The van der Waals surface area contributed by atoms with Crippen LogP contribution in [-0.2, 0) is 10.3 Å². The third kappa shape index (κ3) is 2.24. The van der Waals surface area contributed by atoms with Crippen LogP contribution >= 0.6 is 0 Å². The van der Waals surface area contributed by atoms with Gasteiger partial charge in [-0.2, -0.15) is 0 Å². The number of likely N-dealkylation sites (N-methyl/N-ethyl adjacent to an activating group) is 1. The molecule has 104 valence electrons. The number of hydrogen-bond acceptors (Lipinski definition) is 4. The second-order valence-electron chi connectivity index (χ2n) is 5.68. The summed E-state index contributed by atoms with van der Waals surface area (Å²) in [4.78, 5) is 2.35. The highest BCUT2D eigenvalue weighted by Crippen LogP contribution is 2.40. The van der Waals surface area contributed by atoms with Crippen molar-refractivity contribution in [2.75, 3.05) is 27.4 Å². The highest BCUT2D eigenvalue weighted by molar-refractivity contribution is 5.33. The Labute approximate surface area is 113 Å². The van der Waals surface area contributed by atoms with Gasteiger partial charge in [-0.3, -0.25) is 4.90 Å². The van der Waals surface area contributed by atoms with Gasteiger partial charge in [0.25, 0.3) is 0 Å². The van der Waals surface area contributed by atoms with Crippen LogP contribution in [0.1, 0.15) is 18.4 Å². The summed E-state index contributed by atoms with van der Waals surface area (Å²) in [5, 5.41) is 11.0. The Bertz CT molecular complexity index is 448. The number of rotatable bonds is 2. The summed E-state index contributed by atoms with van der Waals surface area (Å²) >= 11 is 0. The summed E-state index contributed by atoms with van der Waals surface area (Å²) in [7, 11) is 3.78. The molecule has 0 spiro atoms. The third-order valence-corrected chi connectivity index (χ3v) is 4.53. The molecule has 3 rings (SSSR count). The molecule has 2 aliphatic heterocycles. The molecule has 1 aromatic rings. The van der Waals surface area contributed by atoms with Gasteiger partial charge in [-0.05, 0) is 37.6 Å². The third-order valence-electron chi connectivity index (χ3n) is 4.53. The van der Waals surface area contributed by atoms with Crippen LogP contribution in [0, 0.1) is 0 Å². The Morgan fingerprint density at radius 3 is 2.63 bits per heavy atom. The van der Waals surface area contributed by atoms with Gasteiger partial charge in [-0.1, -0.05) is 12.1 Å². The molecule has 0 aromatic heterocycles. The number of nitrogens with zero attached hydrogens (tertiary/aromatic N) is 1. The molecule has 2 unspecified atom stereocenters. The molecule has 0 radical (unpaired) electrons. The van der Waals surface area contributed by atoms with E-state index in [-0.39, 0.29) is 0 Å². The lowest BCUT2D eigenvalue weighted by atomic mass is 9.77. The van der Waals surface area contributed by atoms with Crippen molar-refractivity contribution in [2.24, 2.45) is 0 Å². The Morgan fingerprint density at radius 1 is 1.32 bits per heavy atom. The summed E-state index contributed by atoms with van der Waals surface area (Å²) in [5.74, 6) is 0.797. The van der Waals surface area contributed by atoms with Crippen LogP contribution in [-0.4, -0.2) is 49.5 Å². The van der Waals surface area contributed by atoms with Gasteiger partial charge in [0.15, 0.2) is 0 Å². The predicted molar refractivity (Wildman–Crippen MR) is 72.3 cm³/mol. The Hall–Kier alpha value is -1.10. The van der Waals surface area contributed by atoms with E-state index in [1.807, 2.05) is 24.3 Å². The number of aliphatic hydroxyl groups is 1. The fraction of sp³-hybridized carbons (Fsp3) is 0.600. The first-order valence-electron chi connectivity index (χ1n) is 6.79. The molecule has 2 aliphatic rings. The van der Waals surface area contributed by atoms with E-state index in [0.29, 0.717) is 38.1 Å². The zero-order valence-corrected chi connectivity index (χ0v) is 11.5. The van der Waals surface area contributed by atoms with E-state index in [1.54, 1.807) is 7.11 Å². The molecule has 4 heteroatoms. The van der Waals surface area contributed by atoms with Gasteiger partial charge in [0.2, 0.25) is 0 Å². The van der Waals surface area contributed by atoms with Crippen molar-refractivity contribution in [3.05, 3.63) is 29.8 Å². The van der Waals surface area contributed by atoms with Gasteiger partial charge in [0, 0.05) is 12.1 Å². The molecule has 4 nitrogen and oxygen atoms in total. The maximum atomic E-state index is 11.0. The SMILES string of the molecule is COc1cccc(C2(O)CC3COCC(C2)N3C)c1. The first-order valence-corrected chi connectivity index (χ1v) is 6.79. The lowest BCUT2D eigenvalue weighted by molar-refractivity contribution is -0.137. The number of ether oxygens (including phenoxy) is 2. The molecule has 0 amide bonds. The average Bonchev–Trinajstić information content (AvgIpc) is 2.41. The lowest BCUT2D eigenvalue weighted by Gasteiger charge is -2.50. The number of methoxy groups -OCH3 is 1. The minimum Gasteiger partial charge on any atom is -0.497 e. The van der Waals surface area contributed by atoms with E-state index in [2.05, 4.69) is 11.9 Å². The number of fused-ring (bicyclic) bond motifs is 2. The molecular formula is C15H21NO3. The van der Waals surface area contributed by atoms with Crippen molar-refractivity contribution < 1.29 is 14.6 Å². The monoisotopic (exact) mass is 263 g/mol. The summed E-state index contributed by atoms with van der Waals surface area (Å²) in [6.45, 7) is 1.42. The van der Waals surface area contributed by atoms with Crippen LogP contribution in [0.2, 0.25) is 0 Å². The Morgan fingerprint density at radius 2 is 2.00 bits per heavy atom. The summed E-state index contributed by atoms with van der Waals surface area (Å²) in [5.41, 5.74) is 0.192. The molecule has 2 fully saturated rings. The first-order chi connectivity index (χ1) is 9.12. The first kappa shape index (κ1) is 12.9. The molecule has 1 N–H and O–H groups in total. The largest absolute Gasteiger partial charge is 0.497 e. The number of piperidine rings is 1. The number of benzene rings is 1. The smallest absolute Gasteiger partial charge is 0.119 e. The minimum atomic E-state index is -0.764.